The van der Waals surface area contributed by atoms with Crippen LogP contribution in [0.5, 0.6) is 11.5 Å². The molecule has 1 aliphatic carbocycles. The Morgan fingerprint density at radius 3 is 2.25 bits per heavy atom. The van der Waals surface area contributed by atoms with Crippen LogP contribution < -0.4 is 31.8 Å². The molecule has 446 valence electrons. The van der Waals surface area contributed by atoms with Crippen molar-refractivity contribution in [3.8, 4) is 17.2 Å². The molecule has 23 nitrogen and oxygen atoms in total. The minimum Gasteiger partial charge on any atom is -0.507 e. The number of carboxylic acid groups (broad SMARTS) is 1. The highest BCUT2D eigenvalue weighted by atomic mass is 19.1. The summed E-state index contributed by atoms with van der Waals surface area (Å²) in [5, 5.41) is 46.5. The van der Waals surface area contributed by atoms with E-state index in [1.165, 1.54) is 52.2 Å². The number of methoxy groups -OCH3 is 1. The van der Waals surface area contributed by atoms with Gasteiger partial charge in [0, 0.05) is 102 Å². The summed E-state index contributed by atoms with van der Waals surface area (Å²) in [5.41, 5.74) is 7.98. The smallest absolute Gasteiger partial charge is 0.341 e. The number of hydrogen-bond acceptors (Lipinski definition) is 20. The van der Waals surface area contributed by atoms with E-state index in [1.54, 1.807) is 23.6 Å². The molecule has 9 N–H and O–H groups in total. The zero-order chi connectivity index (χ0) is 61.1. The summed E-state index contributed by atoms with van der Waals surface area (Å²) < 4.78 is 69.7. The van der Waals surface area contributed by atoms with Gasteiger partial charge in [-0.3, -0.25) is 38.2 Å². The normalized spacial score (nSPS) is 28.3. The van der Waals surface area contributed by atoms with Gasteiger partial charge in [0.15, 0.2) is 17.3 Å². The van der Waals surface area contributed by atoms with E-state index in [1.807, 2.05) is 4.90 Å². The molecule has 6 aliphatic rings. The predicted molar refractivity (Wildman–Crippen MR) is 294 cm³/mol. The topological polar surface area (TPSA) is 329 Å². The molecule has 0 spiro atoms. The number of allylic oxidation sites excluding steroid dienone is 4. The van der Waals surface area contributed by atoms with Crippen LogP contribution in [0.15, 0.2) is 82.8 Å². The van der Waals surface area contributed by atoms with Crippen LogP contribution in [-0.2, 0) is 23.8 Å². The van der Waals surface area contributed by atoms with Crippen LogP contribution >= 0.6 is 0 Å². The Morgan fingerprint density at radius 1 is 0.893 bits per heavy atom. The number of aromatic carboxylic acids is 1. The number of aromatic hydroxyl groups is 1. The van der Waals surface area contributed by atoms with Gasteiger partial charge in [0.25, 0.3) is 11.7 Å². The number of amides is 1. The molecule has 5 aliphatic heterocycles. The van der Waals surface area contributed by atoms with Crippen molar-refractivity contribution in [1.29, 1.82) is 0 Å². The molecule has 2 aromatic carbocycles. The van der Waals surface area contributed by atoms with Gasteiger partial charge in [-0.05, 0) is 44.5 Å². The fourth-order valence-corrected chi connectivity index (χ4v) is 11.5. The molecule has 1 amide bonds. The minimum absolute atomic E-state index is 0.000299. The minimum atomic E-state index is -2.24. The average Bonchev–Trinajstić information content (AvgIpc) is 1.53. The van der Waals surface area contributed by atoms with Gasteiger partial charge in [-0.2, -0.15) is 0 Å². The van der Waals surface area contributed by atoms with Crippen molar-refractivity contribution in [2.75, 3.05) is 51.3 Å². The number of piperazine rings is 1. The Bertz CT molecular complexity index is 3620. The van der Waals surface area contributed by atoms with Crippen molar-refractivity contribution in [3.05, 3.63) is 133 Å². The summed E-state index contributed by atoms with van der Waals surface area (Å²) in [4.78, 5) is 107. The van der Waals surface area contributed by atoms with Gasteiger partial charge in [-0.15, -0.1) is 0 Å². The van der Waals surface area contributed by atoms with E-state index < -0.39 is 146 Å². The summed E-state index contributed by atoms with van der Waals surface area (Å²) in [6.07, 6.45) is 2.60. The first-order chi connectivity index (χ1) is 39.7. The number of benzene rings is 2. The van der Waals surface area contributed by atoms with E-state index in [-0.39, 0.29) is 90.6 Å². The Labute approximate surface area is 478 Å². The standard InChI is InChI=1S/C58H63F3N8O15/c1-25-9-8-10-26(2)56(78)64-43-44(67-18-16-66(17-19-67)31-13-15-68(23-31)55-35(61)22-32-47(73)33(57(79)80)24-69(54(32)65-55)36-12-11-30(59)21-34(36)60)49(75)38-39(48(43)74)46(72)28(4)51-40(38)53(77)58(6,84-51)82-20-14-37(81-7)27(3)52(83-29(5)70)42(63)50(76)41(62)45(25)71/h8-12,14,20-22,24-25,27,31,37,41-42,45,50,52,71-72,76H,13,15-19,23,62-63H2,1-7H3,(H,64,78)(H,79,80)/b9-8+,20-14?,26-10-/t25-,27+,31?,37-,41+,42+,45-,50+,52+,58-/m0/s1. The number of ketones is 3. The fraction of sp³-hybridized carbons (Fsp3) is 0.414. The first kappa shape index (κ1) is 60.3. The van der Waals surface area contributed by atoms with Crippen molar-refractivity contribution in [2.45, 2.75) is 96.3 Å². The summed E-state index contributed by atoms with van der Waals surface area (Å²) in [6.45, 7) is 9.24. The maximum Gasteiger partial charge on any atom is 0.341 e. The molecule has 1 unspecified atom stereocenters. The van der Waals surface area contributed by atoms with Gasteiger partial charge in [0.05, 0.1) is 64.4 Å². The van der Waals surface area contributed by atoms with E-state index in [0.717, 1.165) is 42.1 Å². The lowest BCUT2D eigenvalue weighted by Gasteiger charge is -2.41. The number of carbonyl (C=O) groups is 6. The van der Waals surface area contributed by atoms with Crippen molar-refractivity contribution < 1.29 is 81.3 Å². The van der Waals surface area contributed by atoms with Crippen LogP contribution in [-0.4, -0.2) is 170 Å². The number of esters is 1. The molecule has 4 aromatic rings. The number of pyridine rings is 2. The van der Waals surface area contributed by atoms with Gasteiger partial charge in [0.1, 0.15) is 46.2 Å². The zero-order valence-electron chi connectivity index (χ0n) is 46.7. The van der Waals surface area contributed by atoms with E-state index in [0.29, 0.717) is 12.5 Å². The molecule has 10 atom stereocenters. The van der Waals surface area contributed by atoms with Crippen LogP contribution in [0.1, 0.15) is 88.0 Å². The number of aliphatic hydroxyl groups excluding tert-OH is 2. The number of rotatable bonds is 7. The zero-order valence-corrected chi connectivity index (χ0v) is 46.7. The molecule has 2 aromatic heterocycles. The van der Waals surface area contributed by atoms with Gasteiger partial charge in [-0.25, -0.2) is 22.9 Å². The number of phenolic OH excluding ortho intramolecular Hbond substituents is 1. The third-order valence-corrected chi connectivity index (χ3v) is 16.3. The number of hydrogen-bond donors (Lipinski definition) is 7. The Hall–Kier alpha value is -8.27. The van der Waals surface area contributed by atoms with Gasteiger partial charge in [0.2, 0.25) is 17.0 Å². The maximum atomic E-state index is 16.1. The number of aliphatic hydroxyl groups is 2. The van der Waals surface area contributed by atoms with Gasteiger partial charge < -0.3 is 66.0 Å². The first-order valence-corrected chi connectivity index (χ1v) is 26.9. The quantitative estimate of drug-likeness (QED) is 0.131. The second-order valence-corrected chi connectivity index (χ2v) is 21.7. The number of fused-ring (bicyclic) bond motifs is 15. The molecular weight excluding hydrogens is 1110 g/mol. The summed E-state index contributed by atoms with van der Waals surface area (Å²) in [5.74, 6) is -14.2. The molecule has 5 bridgehead atoms. The summed E-state index contributed by atoms with van der Waals surface area (Å²) in [6, 6.07) is 0.268. The monoisotopic (exact) mass is 1170 g/mol. The van der Waals surface area contributed by atoms with E-state index in [2.05, 4.69) is 10.3 Å². The summed E-state index contributed by atoms with van der Waals surface area (Å²) in [7, 11) is 1.33. The van der Waals surface area contributed by atoms with Crippen LogP contribution in [0.2, 0.25) is 0 Å². The fourth-order valence-electron chi connectivity index (χ4n) is 11.5. The number of ether oxygens (including phenoxy) is 4. The van der Waals surface area contributed by atoms with E-state index in [4.69, 9.17) is 30.4 Å². The van der Waals surface area contributed by atoms with Crippen molar-refractivity contribution in [1.82, 2.24) is 24.7 Å². The third-order valence-electron chi connectivity index (χ3n) is 16.3. The average molecular weight is 1170 g/mol. The number of phenols is 1. The largest absolute Gasteiger partial charge is 0.507 e. The second-order valence-electron chi connectivity index (χ2n) is 21.7. The van der Waals surface area contributed by atoms with Crippen LogP contribution in [0.3, 0.4) is 0 Å². The number of nitrogens with one attached hydrogen (secondary N) is 1. The molecule has 10 rings (SSSR count). The highest BCUT2D eigenvalue weighted by Gasteiger charge is 2.53. The molecule has 2 saturated heterocycles. The number of carboxylic acids is 1. The lowest BCUT2D eigenvalue weighted by Crippen LogP contribution is -2.60. The maximum absolute atomic E-state index is 16.1. The number of nitrogens with zero attached hydrogens (tertiary/aromatic N) is 5. The lowest BCUT2D eigenvalue weighted by molar-refractivity contribution is -0.155. The molecule has 26 heteroatoms. The van der Waals surface area contributed by atoms with Crippen LogP contribution in [0.25, 0.3) is 16.7 Å². The molecular formula is C58H63F3N8O15. The number of carbonyl (C=O) groups excluding carboxylic acids is 5. The predicted octanol–water partition coefficient (Wildman–Crippen LogP) is 3.05. The molecule has 2 fully saturated rings. The first-order valence-electron chi connectivity index (χ1n) is 26.9. The SMILES string of the molecule is CO[C@H]1C=CO[C@@]2(C)Oc3c(C)c(O)c4c(c3C2=O)C(=O)C(N2CCN(C3CCN(c5nc6c(cc5F)c(=O)c(C(=O)O)cn6-c5ccc(F)cc5F)C3)CC2)=C(NC(=O)/C(C)=C\C=C\[C@H](C)[C@H](O)[C@@H](N)[C@@H](O)[C@@H](N)[C@H](OC(C)=O)[C@@H]1C)C4=O. The van der Waals surface area contributed by atoms with Gasteiger partial charge in [-0.1, -0.05) is 32.1 Å². The van der Waals surface area contributed by atoms with Gasteiger partial charge >= 0.3 is 17.7 Å². The number of nitrogens with two attached hydrogens (primary N) is 2. The Balaban J connectivity index is 1.05. The highest BCUT2D eigenvalue weighted by molar-refractivity contribution is 6.32. The second kappa shape index (κ2) is 23.4. The molecule has 0 saturated carbocycles. The number of halogens is 3. The summed E-state index contributed by atoms with van der Waals surface area (Å²) >= 11 is 0. The lowest BCUT2D eigenvalue weighted by atomic mass is 9.82. The Morgan fingerprint density at radius 2 is 1.60 bits per heavy atom. The van der Waals surface area contributed by atoms with Crippen molar-refractivity contribution in [2.24, 2.45) is 23.3 Å². The number of Topliss-reactive ketones (excluding diaryl/α,β-unsaturated/α-hetero) is 3. The third kappa shape index (κ3) is 10.8. The van der Waals surface area contributed by atoms with Crippen LogP contribution in [0, 0.1) is 36.2 Å². The highest BCUT2D eigenvalue weighted by Crippen LogP contribution is 2.49. The van der Waals surface area contributed by atoms with E-state index >= 15 is 18.4 Å². The van der Waals surface area contributed by atoms with Crippen LogP contribution in [0.4, 0.5) is 19.0 Å². The molecule has 7 heterocycles. The van der Waals surface area contributed by atoms with E-state index in [9.17, 15) is 48.8 Å². The van der Waals surface area contributed by atoms with Crippen molar-refractivity contribution >= 4 is 52.0 Å². The number of anilines is 1. The molecule has 0 radical (unpaired) electrons. The Kier molecular flexibility index (Phi) is 16.8. The van der Waals surface area contributed by atoms with Crippen molar-refractivity contribution in [3.63, 3.8) is 0 Å². The number of aromatic nitrogens is 2. The molecule has 84 heavy (non-hydrogen) atoms.